The molecule has 0 spiro atoms. The predicted molar refractivity (Wildman–Crippen MR) is 92.2 cm³/mol. The molecule has 0 unspecified atom stereocenters. The van der Waals surface area contributed by atoms with Crippen molar-refractivity contribution in [2.24, 2.45) is 0 Å². The van der Waals surface area contributed by atoms with Gasteiger partial charge in [0.25, 0.3) is 0 Å². The summed E-state index contributed by atoms with van der Waals surface area (Å²) in [4.78, 5) is 16.9. The van der Waals surface area contributed by atoms with E-state index in [1.54, 1.807) is 24.4 Å². The summed E-state index contributed by atoms with van der Waals surface area (Å²) in [7, 11) is 0. The zero-order chi connectivity index (χ0) is 16.2. The Balaban J connectivity index is 1.98. The lowest BCUT2D eigenvalue weighted by atomic mass is 10.3. The summed E-state index contributed by atoms with van der Waals surface area (Å²) in [6, 6.07) is 5.20. The zero-order valence-corrected chi connectivity index (χ0v) is 13.2. The molecule has 0 atom stereocenters. The van der Waals surface area contributed by atoms with Gasteiger partial charge >= 0.3 is 0 Å². The molecule has 0 aliphatic heterocycles. The highest BCUT2D eigenvalue weighted by Crippen LogP contribution is 2.28. The van der Waals surface area contributed by atoms with E-state index < -0.39 is 0 Å². The first-order chi connectivity index (χ1) is 11.2. The topological polar surface area (TPSA) is 75.6 Å². The molecule has 23 heavy (non-hydrogen) atoms. The Morgan fingerprint density at radius 3 is 2.78 bits per heavy atom. The average molecular weight is 345 g/mol. The second-order valence-electron chi connectivity index (χ2n) is 4.46. The van der Waals surface area contributed by atoms with Crippen LogP contribution in [0.2, 0.25) is 10.0 Å². The molecule has 0 bridgehead atoms. The minimum Gasteiger partial charge on any atom is -0.343 e. The summed E-state index contributed by atoms with van der Waals surface area (Å²) in [6.07, 6.45) is 8.25. The number of fused-ring (bicyclic) bond motifs is 1. The van der Waals surface area contributed by atoms with Gasteiger partial charge in [0.2, 0.25) is 5.95 Å². The fourth-order valence-corrected chi connectivity index (χ4v) is 2.17. The average Bonchev–Trinajstić information content (AvgIpc) is 2.56. The maximum atomic E-state index is 6.02. The molecule has 6 nitrogen and oxygen atoms in total. The lowest BCUT2D eigenvalue weighted by Gasteiger charge is -2.09. The molecule has 0 saturated heterocycles. The van der Waals surface area contributed by atoms with E-state index in [1.807, 2.05) is 0 Å². The maximum absolute atomic E-state index is 6.02. The first-order valence-electron chi connectivity index (χ1n) is 6.54. The summed E-state index contributed by atoms with van der Waals surface area (Å²) >= 11 is 11.9. The number of hydrogen-bond acceptors (Lipinski definition) is 6. The van der Waals surface area contributed by atoms with Crippen molar-refractivity contribution in [2.75, 3.05) is 17.2 Å². The molecular formula is C15H10Cl2N6. The van der Waals surface area contributed by atoms with Crippen LogP contribution in [0.4, 0.5) is 17.5 Å². The van der Waals surface area contributed by atoms with Crippen molar-refractivity contribution in [1.82, 2.24) is 19.9 Å². The van der Waals surface area contributed by atoms with Gasteiger partial charge in [0.05, 0.1) is 22.8 Å². The van der Waals surface area contributed by atoms with E-state index in [2.05, 4.69) is 36.5 Å². The van der Waals surface area contributed by atoms with Crippen LogP contribution in [-0.2, 0) is 0 Å². The number of hydrogen-bond donors (Lipinski definition) is 2. The second kappa shape index (κ2) is 6.65. The van der Waals surface area contributed by atoms with E-state index in [0.29, 0.717) is 39.4 Å². The van der Waals surface area contributed by atoms with E-state index in [9.17, 15) is 0 Å². The van der Waals surface area contributed by atoms with Crippen LogP contribution in [-0.4, -0.2) is 26.5 Å². The summed E-state index contributed by atoms with van der Waals surface area (Å²) in [5.74, 6) is 3.40. The van der Waals surface area contributed by atoms with Crippen molar-refractivity contribution in [3.8, 4) is 12.3 Å². The van der Waals surface area contributed by atoms with Gasteiger partial charge in [-0.05, 0) is 18.2 Å². The van der Waals surface area contributed by atoms with Crippen molar-refractivity contribution in [1.29, 1.82) is 0 Å². The van der Waals surface area contributed by atoms with Gasteiger partial charge < -0.3 is 10.6 Å². The molecule has 3 aromatic rings. The summed E-state index contributed by atoms with van der Waals surface area (Å²) < 4.78 is 0. The van der Waals surface area contributed by atoms with Crippen molar-refractivity contribution in [2.45, 2.75) is 0 Å². The van der Waals surface area contributed by atoms with Crippen LogP contribution in [0.5, 0.6) is 0 Å². The molecule has 0 radical (unpaired) electrons. The highest BCUT2D eigenvalue weighted by molar-refractivity contribution is 6.42. The maximum Gasteiger partial charge on any atom is 0.224 e. The Labute approximate surface area is 142 Å². The smallest absolute Gasteiger partial charge is 0.224 e. The molecule has 2 aromatic heterocycles. The number of halogens is 2. The molecule has 8 heteroatoms. The van der Waals surface area contributed by atoms with E-state index in [0.717, 1.165) is 5.69 Å². The largest absolute Gasteiger partial charge is 0.343 e. The first-order valence-corrected chi connectivity index (χ1v) is 7.30. The van der Waals surface area contributed by atoms with Gasteiger partial charge in [-0.2, -0.15) is 0 Å². The Kier molecular flexibility index (Phi) is 4.42. The number of nitrogens with one attached hydrogen (secondary N) is 2. The van der Waals surface area contributed by atoms with Crippen molar-refractivity contribution in [3.63, 3.8) is 0 Å². The molecule has 0 amide bonds. The van der Waals surface area contributed by atoms with Gasteiger partial charge in [-0.3, -0.25) is 0 Å². The third kappa shape index (κ3) is 3.42. The SMILES string of the molecule is C#CCNc1ncc2ncnc(Nc3ccc(Cl)c(Cl)c3)c2n1. The molecule has 0 saturated carbocycles. The van der Waals surface area contributed by atoms with Crippen LogP contribution >= 0.6 is 23.2 Å². The molecule has 1 aromatic carbocycles. The molecular weight excluding hydrogens is 335 g/mol. The van der Waals surface area contributed by atoms with E-state index in [-0.39, 0.29) is 0 Å². The minimum absolute atomic E-state index is 0.328. The molecule has 0 aliphatic carbocycles. The summed E-state index contributed by atoms with van der Waals surface area (Å²) in [6.45, 7) is 0.328. The highest BCUT2D eigenvalue weighted by atomic mass is 35.5. The number of benzene rings is 1. The second-order valence-corrected chi connectivity index (χ2v) is 5.28. The standard InChI is InChI=1S/C15H10Cl2N6/c1-2-5-18-15-19-7-12-13(23-15)14(21-8-20-12)22-9-3-4-10(16)11(17)6-9/h1,3-4,6-8H,5H2,(H,18,19,23)(H,20,21,22). The number of anilines is 3. The number of nitrogens with zero attached hydrogens (tertiary/aromatic N) is 4. The van der Waals surface area contributed by atoms with Crippen molar-refractivity contribution < 1.29 is 0 Å². The van der Waals surface area contributed by atoms with Gasteiger partial charge in [0.15, 0.2) is 5.82 Å². The minimum atomic E-state index is 0.328. The zero-order valence-electron chi connectivity index (χ0n) is 11.7. The summed E-state index contributed by atoms with van der Waals surface area (Å²) in [5.41, 5.74) is 1.90. The van der Waals surface area contributed by atoms with Crippen molar-refractivity contribution >= 4 is 51.7 Å². The molecule has 0 aliphatic rings. The lowest BCUT2D eigenvalue weighted by molar-refractivity contribution is 1.12. The summed E-state index contributed by atoms with van der Waals surface area (Å²) in [5, 5.41) is 6.98. The van der Waals surface area contributed by atoms with Crippen LogP contribution < -0.4 is 10.6 Å². The van der Waals surface area contributed by atoms with Crippen LogP contribution in [0.1, 0.15) is 0 Å². The third-order valence-corrected chi connectivity index (χ3v) is 3.65. The third-order valence-electron chi connectivity index (χ3n) is 2.91. The number of terminal acetylenes is 1. The van der Waals surface area contributed by atoms with E-state index in [1.165, 1.54) is 6.33 Å². The lowest BCUT2D eigenvalue weighted by Crippen LogP contribution is -2.05. The molecule has 2 N–H and O–H groups in total. The highest BCUT2D eigenvalue weighted by Gasteiger charge is 2.08. The Morgan fingerprint density at radius 2 is 2.00 bits per heavy atom. The molecule has 114 valence electrons. The Morgan fingerprint density at radius 1 is 1.13 bits per heavy atom. The fraction of sp³-hybridized carbons (Fsp3) is 0.0667. The predicted octanol–water partition coefficient (Wildman–Crippen LogP) is 3.52. The Bertz CT molecular complexity index is 906. The first kappa shape index (κ1) is 15.3. The van der Waals surface area contributed by atoms with Crippen molar-refractivity contribution in [3.05, 3.63) is 40.8 Å². The van der Waals surface area contributed by atoms with Gasteiger partial charge in [-0.25, -0.2) is 19.9 Å². The van der Waals surface area contributed by atoms with Crippen LogP contribution in [0.25, 0.3) is 11.0 Å². The molecule has 0 fully saturated rings. The van der Waals surface area contributed by atoms with Gasteiger partial charge in [-0.1, -0.05) is 29.1 Å². The fourth-order valence-electron chi connectivity index (χ4n) is 1.87. The van der Waals surface area contributed by atoms with Gasteiger partial charge in [-0.15, -0.1) is 6.42 Å². The van der Waals surface area contributed by atoms with Crippen LogP contribution in [0.15, 0.2) is 30.7 Å². The number of aromatic nitrogens is 4. The Hall–Kier alpha value is -2.62. The molecule has 2 heterocycles. The monoisotopic (exact) mass is 344 g/mol. The van der Waals surface area contributed by atoms with Gasteiger partial charge in [0, 0.05) is 5.69 Å². The number of rotatable bonds is 4. The van der Waals surface area contributed by atoms with Crippen LogP contribution in [0, 0.1) is 12.3 Å². The van der Waals surface area contributed by atoms with E-state index in [4.69, 9.17) is 29.6 Å². The van der Waals surface area contributed by atoms with Crippen LogP contribution in [0.3, 0.4) is 0 Å². The van der Waals surface area contributed by atoms with E-state index >= 15 is 0 Å². The quantitative estimate of drug-likeness (QED) is 0.705. The normalized spacial score (nSPS) is 10.3. The van der Waals surface area contributed by atoms with Gasteiger partial charge in [0.1, 0.15) is 17.4 Å². The molecule has 3 rings (SSSR count).